The van der Waals surface area contributed by atoms with Crippen LogP contribution in [0.4, 0.5) is 0 Å². The molecular weight excluding hydrogens is 394 g/mol. The molecule has 31 heavy (non-hydrogen) atoms. The van der Waals surface area contributed by atoms with E-state index in [9.17, 15) is 14.4 Å². The van der Waals surface area contributed by atoms with E-state index in [2.05, 4.69) is 4.57 Å². The van der Waals surface area contributed by atoms with Gasteiger partial charge in [0.2, 0.25) is 11.8 Å². The summed E-state index contributed by atoms with van der Waals surface area (Å²) in [6.07, 6.45) is 0.685. The number of para-hydroxylation sites is 1. The number of hydrogen-bond donors (Lipinski definition) is 1. The Morgan fingerprint density at radius 1 is 1.10 bits per heavy atom. The Morgan fingerprint density at radius 2 is 1.84 bits per heavy atom. The number of aromatic nitrogens is 1. The lowest BCUT2D eigenvalue weighted by Gasteiger charge is -2.42. The van der Waals surface area contributed by atoms with Crippen LogP contribution in [0.1, 0.15) is 33.2 Å². The van der Waals surface area contributed by atoms with Crippen molar-refractivity contribution in [3.63, 3.8) is 0 Å². The van der Waals surface area contributed by atoms with Gasteiger partial charge in [0.05, 0.1) is 6.54 Å². The molecule has 1 unspecified atom stereocenters. The normalized spacial score (nSPS) is 18.3. The molecule has 7 heteroatoms. The third-order valence-electron chi connectivity index (χ3n) is 6.36. The number of carbonyl (C=O) groups is 3. The number of piperazine rings is 1. The number of aliphatic hydroxyl groups is 1. The van der Waals surface area contributed by atoms with Crippen molar-refractivity contribution < 1.29 is 19.5 Å². The Hall–Kier alpha value is -3.45. The van der Waals surface area contributed by atoms with E-state index in [1.54, 1.807) is 24.1 Å². The Morgan fingerprint density at radius 3 is 2.58 bits per heavy atom. The van der Waals surface area contributed by atoms with E-state index in [-0.39, 0.29) is 24.1 Å². The highest BCUT2D eigenvalue weighted by atomic mass is 16.3. The summed E-state index contributed by atoms with van der Waals surface area (Å²) in [6.45, 7) is 0.737. The van der Waals surface area contributed by atoms with Crippen LogP contribution in [0.15, 0.2) is 48.5 Å². The van der Waals surface area contributed by atoms with Crippen molar-refractivity contribution in [1.82, 2.24) is 14.4 Å². The molecule has 0 bridgehead atoms. The van der Waals surface area contributed by atoms with E-state index in [0.717, 1.165) is 27.7 Å². The molecular formula is C24H23N3O4. The van der Waals surface area contributed by atoms with Crippen LogP contribution in [0.25, 0.3) is 10.9 Å². The summed E-state index contributed by atoms with van der Waals surface area (Å²) in [5.41, 5.74) is 4.53. The van der Waals surface area contributed by atoms with Gasteiger partial charge in [-0.05, 0) is 11.6 Å². The van der Waals surface area contributed by atoms with Crippen LogP contribution in [-0.4, -0.2) is 63.8 Å². The molecule has 1 saturated heterocycles. The smallest absolute Gasteiger partial charge is 0.250 e. The standard InChI is InChI=1S/C24H23N3O4/c1-25-13-21(30)26-11-10-19-22(23(26)24(25)31)17-4-2-3-5-18(17)27(19)12-15-6-8-16(9-7-15)20(29)14-28/h2-9,23,28H,10-14H2,1H3. The fourth-order valence-electron chi connectivity index (χ4n) is 4.83. The minimum atomic E-state index is -0.578. The zero-order valence-corrected chi connectivity index (χ0v) is 17.2. The molecule has 2 aliphatic heterocycles. The number of benzene rings is 2. The number of hydrogen-bond acceptors (Lipinski definition) is 4. The van der Waals surface area contributed by atoms with Crippen LogP contribution in [0, 0.1) is 0 Å². The van der Waals surface area contributed by atoms with E-state index in [4.69, 9.17) is 5.11 Å². The highest BCUT2D eigenvalue weighted by molar-refractivity contribution is 6.00. The van der Waals surface area contributed by atoms with Gasteiger partial charge < -0.3 is 19.5 Å². The van der Waals surface area contributed by atoms with Crippen LogP contribution in [0.5, 0.6) is 0 Å². The fourth-order valence-corrected chi connectivity index (χ4v) is 4.83. The minimum Gasteiger partial charge on any atom is -0.388 e. The van der Waals surface area contributed by atoms with Gasteiger partial charge in [-0.15, -0.1) is 0 Å². The first kappa shape index (κ1) is 19.5. The zero-order valence-electron chi connectivity index (χ0n) is 17.2. The van der Waals surface area contributed by atoms with Gasteiger partial charge in [-0.2, -0.15) is 0 Å². The van der Waals surface area contributed by atoms with Crippen molar-refractivity contribution >= 4 is 28.5 Å². The maximum Gasteiger partial charge on any atom is 0.250 e. The molecule has 1 atom stereocenters. The largest absolute Gasteiger partial charge is 0.388 e. The molecule has 1 fully saturated rings. The van der Waals surface area contributed by atoms with Crippen LogP contribution in [0.3, 0.4) is 0 Å². The summed E-state index contributed by atoms with van der Waals surface area (Å²) in [5.74, 6) is -0.367. The lowest BCUT2D eigenvalue weighted by molar-refractivity contribution is -0.155. The van der Waals surface area contributed by atoms with Gasteiger partial charge in [0.15, 0.2) is 5.78 Å². The number of nitrogens with zero attached hydrogens (tertiary/aromatic N) is 3. The fraction of sp³-hybridized carbons (Fsp3) is 0.292. The molecule has 158 valence electrons. The number of rotatable bonds is 4. The number of Topliss-reactive ketones (excluding diaryl/α,β-unsaturated/α-hetero) is 1. The first-order valence-electron chi connectivity index (χ1n) is 10.4. The molecule has 3 aromatic rings. The van der Waals surface area contributed by atoms with Gasteiger partial charge in [0.25, 0.3) is 0 Å². The van der Waals surface area contributed by atoms with E-state index in [1.165, 1.54) is 4.90 Å². The molecule has 0 aliphatic carbocycles. The van der Waals surface area contributed by atoms with E-state index in [1.807, 2.05) is 36.4 Å². The quantitative estimate of drug-likeness (QED) is 0.656. The minimum absolute atomic E-state index is 0.0151. The van der Waals surface area contributed by atoms with E-state index < -0.39 is 12.6 Å². The average molecular weight is 417 g/mol. The molecule has 0 radical (unpaired) electrons. The zero-order chi connectivity index (χ0) is 21.7. The monoisotopic (exact) mass is 417 g/mol. The maximum absolute atomic E-state index is 13.1. The predicted molar refractivity (Wildman–Crippen MR) is 115 cm³/mol. The molecule has 1 aromatic heterocycles. The number of aliphatic hydroxyl groups excluding tert-OH is 1. The molecule has 3 heterocycles. The van der Waals surface area contributed by atoms with Crippen molar-refractivity contribution in [2.45, 2.75) is 19.0 Å². The van der Waals surface area contributed by atoms with Crippen LogP contribution >= 0.6 is 0 Å². The van der Waals surface area contributed by atoms with Gasteiger partial charge in [-0.3, -0.25) is 14.4 Å². The molecule has 0 spiro atoms. The van der Waals surface area contributed by atoms with Crippen molar-refractivity contribution in [3.05, 3.63) is 70.9 Å². The van der Waals surface area contributed by atoms with Gasteiger partial charge in [-0.25, -0.2) is 0 Å². The first-order chi connectivity index (χ1) is 15.0. The number of ketones is 1. The second-order valence-electron chi connectivity index (χ2n) is 8.18. The Bertz CT molecular complexity index is 1210. The van der Waals surface area contributed by atoms with Crippen molar-refractivity contribution in [1.29, 1.82) is 0 Å². The summed E-state index contributed by atoms with van der Waals surface area (Å²) in [6, 6.07) is 14.7. The third-order valence-corrected chi connectivity index (χ3v) is 6.36. The Balaban J connectivity index is 1.61. The van der Waals surface area contributed by atoms with Gasteiger partial charge in [0.1, 0.15) is 12.6 Å². The lowest BCUT2D eigenvalue weighted by Crippen LogP contribution is -2.56. The Kier molecular flexibility index (Phi) is 4.63. The van der Waals surface area contributed by atoms with Crippen LogP contribution in [-0.2, 0) is 22.6 Å². The average Bonchev–Trinajstić information content (AvgIpc) is 3.11. The molecule has 1 N–H and O–H groups in total. The van der Waals surface area contributed by atoms with Gasteiger partial charge >= 0.3 is 0 Å². The summed E-state index contributed by atoms with van der Waals surface area (Å²) in [4.78, 5) is 40.6. The van der Waals surface area contributed by atoms with Crippen molar-refractivity contribution in [2.24, 2.45) is 0 Å². The SMILES string of the molecule is CN1CC(=O)N2CCc3c(c4ccccc4n3Cc3ccc(C(=O)CO)cc3)C2C1=O. The second kappa shape index (κ2) is 7.35. The number of likely N-dealkylation sites (N-methyl/N-ethyl adjacent to an activating group) is 1. The third kappa shape index (κ3) is 3.04. The Labute approximate surface area is 179 Å². The highest BCUT2D eigenvalue weighted by Crippen LogP contribution is 2.40. The van der Waals surface area contributed by atoms with Crippen LogP contribution < -0.4 is 0 Å². The summed E-state index contributed by atoms with van der Waals surface area (Å²) >= 11 is 0. The van der Waals surface area contributed by atoms with Crippen molar-refractivity contribution in [3.8, 4) is 0 Å². The number of carbonyl (C=O) groups excluding carboxylic acids is 3. The first-order valence-corrected chi connectivity index (χ1v) is 10.4. The summed E-state index contributed by atoms with van der Waals surface area (Å²) in [7, 11) is 1.68. The molecule has 5 rings (SSSR count). The molecule has 7 nitrogen and oxygen atoms in total. The molecule has 2 aliphatic rings. The van der Waals surface area contributed by atoms with Gasteiger partial charge in [-0.1, -0.05) is 42.5 Å². The molecule has 2 amide bonds. The summed E-state index contributed by atoms with van der Waals surface area (Å²) < 4.78 is 2.22. The number of amides is 2. The summed E-state index contributed by atoms with van der Waals surface area (Å²) in [5, 5.41) is 10.1. The molecule has 0 saturated carbocycles. The number of fused-ring (bicyclic) bond motifs is 5. The predicted octanol–water partition coefficient (Wildman–Crippen LogP) is 1.76. The van der Waals surface area contributed by atoms with Gasteiger partial charge in [0, 0.05) is 54.3 Å². The van der Waals surface area contributed by atoms with Crippen LogP contribution in [0.2, 0.25) is 0 Å². The molecule has 2 aromatic carbocycles. The van der Waals surface area contributed by atoms with E-state index in [0.29, 0.717) is 25.1 Å². The highest BCUT2D eigenvalue weighted by Gasteiger charge is 2.44. The van der Waals surface area contributed by atoms with Crippen molar-refractivity contribution in [2.75, 3.05) is 26.7 Å². The second-order valence-corrected chi connectivity index (χ2v) is 8.18. The maximum atomic E-state index is 13.1. The lowest BCUT2D eigenvalue weighted by atomic mass is 9.93. The van der Waals surface area contributed by atoms with E-state index >= 15 is 0 Å². The topological polar surface area (TPSA) is 82.8 Å².